The van der Waals surface area contributed by atoms with Crippen molar-refractivity contribution in [3.05, 3.63) is 21.6 Å². The summed E-state index contributed by atoms with van der Waals surface area (Å²) in [4.78, 5) is 0. The van der Waals surface area contributed by atoms with Gasteiger partial charge in [-0.3, -0.25) is 0 Å². The van der Waals surface area contributed by atoms with E-state index >= 15 is 0 Å². The average molecular weight is 167 g/mol. The average Bonchev–Trinajstić information content (AvgIpc) is 1.79. The molecule has 1 N–H and O–H groups in total. The predicted octanol–water partition coefficient (Wildman–Crippen LogP) is 0.894. The second-order valence-corrected chi connectivity index (χ2v) is 3.61. The van der Waals surface area contributed by atoms with Crippen molar-refractivity contribution < 1.29 is 13.5 Å². The molecule has 1 aliphatic heterocycles. The molecular weight excluding hydrogens is 164 g/mol. The van der Waals surface area contributed by atoms with Crippen LogP contribution in [0.4, 0.5) is 0 Å². The van der Waals surface area contributed by atoms with Gasteiger partial charge in [-0.15, -0.1) is 0 Å². The van der Waals surface area contributed by atoms with Gasteiger partial charge in [-0.05, 0) is 0 Å². The smallest absolute Gasteiger partial charge is 0.198 e. The molecule has 0 aromatic heterocycles. The van der Waals surface area contributed by atoms with E-state index in [1.54, 1.807) is 0 Å². The largest absolute Gasteiger partial charge is 0.506 e. The van der Waals surface area contributed by atoms with Gasteiger partial charge in [0.25, 0.3) is 0 Å². The molecule has 0 amide bonds. The van der Waals surface area contributed by atoms with Gasteiger partial charge in [0.05, 0.1) is 15.8 Å². The Morgan fingerprint density at radius 3 is 2.11 bits per heavy atom. The maximum atomic E-state index is 10.5. The number of sulfone groups is 1. The summed E-state index contributed by atoms with van der Waals surface area (Å²) in [5.74, 6) is -0.392. The molecule has 0 aliphatic carbocycles. The summed E-state index contributed by atoms with van der Waals surface area (Å²) in [6.07, 6.45) is 0. The normalized spacial score (nSPS) is 23.2. The maximum Gasteiger partial charge on any atom is 0.198 e. The third-order valence-corrected chi connectivity index (χ3v) is 2.34. The summed E-state index contributed by atoms with van der Waals surface area (Å²) in [5.41, 5.74) is 0. The number of hydrogen-bond acceptors (Lipinski definition) is 3. The highest BCUT2D eigenvalue weighted by Gasteiger charge is 2.16. The monoisotopic (exact) mass is 166 g/mol. The summed E-state index contributed by atoms with van der Waals surface area (Å²) < 4.78 is 20.9. The quantitative estimate of drug-likeness (QED) is 0.582. The molecule has 1 rings (SSSR count). The van der Waals surface area contributed by atoms with Crippen LogP contribution in [0.25, 0.3) is 0 Å². The van der Waals surface area contributed by atoms with Crippen LogP contribution in [0.3, 0.4) is 0 Å². The summed E-state index contributed by atoms with van der Waals surface area (Å²) >= 11 is 5.21. The van der Waals surface area contributed by atoms with Crippen LogP contribution in [-0.4, -0.2) is 13.5 Å². The fourth-order valence-electron chi connectivity index (χ4n) is 0.451. The van der Waals surface area contributed by atoms with Crippen molar-refractivity contribution in [1.82, 2.24) is 0 Å². The summed E-state index contributed by atoms with van der Waals surface area (Å²) in [6.45, 7) is 0. The van der Waals surface area contributed by atoms with Crippen molar-refractivity contribution in [3.63, 3.8) is 0 Å². The van der Waals surface area contributed by atoms with E-state index in [1.165, 1.54) is 0 Å². The number of hydrogen-bond donors (Lipinski definition) is 1. The van der Waals surface area contributed by atoms with E-state index in [2.05, 4.69) is 0 Å². The van der Waals surface area contributed by atoms with Crippen LogP contribution in [-0.2, 0) is 9.84 Å². The number of halogens is 1. The zero-order chi connectivity index (χ0) is 7.07. The van der Waals surface area contributed by atoms with Crippen LogP contribution in [0.1, 0.15) is 0 Å². The lowest BCUT2D eigenvalue weighted by Gasteiger charge is -1.82. The first-order chi connectivity index (χ1) is 4.01. The number of aliphatic hydroxyl groups is 1. The lowest BCUT2D eigenvalue weighted by Crippen LogP contribution is -1.81. The molecule has 0 aromatic rings. The van der Waals surface area contributed by atoms with Crippen molar-refractivity contribution in [3.8, 4) is 0 Å². The second-order valence-electron chi connectivity index (χ2n) is 1.56. The highest BCUT2D eigenvalue weighted by atomic mass is 35.5. The topological polar surface area (TPSA) is 54.4 Å². The zero-order valence-corrected chi connectivity index (χ0v) is 5.78. The molecule has 9 heavy (non-hydrogen) atoms. The molecule has 0 unspecified atom stereocenters. The molecule has 50 valence electrons. The Hall–Kier alpha value is -0.480. The Labute approximate surface area is 57.2 Å². The van der Waals surface area contributed by atoms with Gasteiger partial charge in [0, 0.05) is 0 Å². The van der Waals surface area contributed by atoms with Crippen molar-refractivity contribution in [2.45, 2.75) is 0 Å². The van der Waals surface area contributed by atoms with Crippen molar-refractivity contribution in [2.75, 3.05) is 0 Å². The third-order valence-electron chi connectivity index (χ3n) is 0.788. The fraction of sp³-hybridized carbons (Fsp3) is 0. The minimum atomic E-state index is -3.35. The molecule has 0 saturated carbocycles. The van der Waals surface area contributed by atoms with Crippen molar-refractivity contribution >= 4 is 21.4 Å². The van der Waals surface area contributed by atoms with Crippen molar-refractivity contribution in [1.29, 1.82) is 0 Å². The first-order valence-corrected chi connectivity index (χ1v) is 4.03. The highest BCUT2D eigenvalue weighted by molar-refractivity contribution is 7.97. The lowest BCUT2D eigenvalue weighted by atomic mass is 10.6. The number of rotatable bonds is 0. The maximum absolute atomic E-state index is 10.5. The van der Waals surface area contributed by atoms with Crippen molar-refractivity contribution in [2.24, 2.45) is 0 Å². The number of allylic oxidation sites excluding steroid dienone is 1. The van der Waals surface area contributed by atoms with Gasteiger partial charge in [-0.2, -0.15) is 0 Å². The highest BCUT2D eigenvalue weighted by Crippen LogP contribution is 2.22. The molecule has 1 heterocycles. The first kappa shape index (κ1) is 6.64. The fourth-order valence-corrected chi connectivity index (χ4v) is 1.86. The van der Waals surface area contributed by atoms with Gasteiger partial charge < -0.3 is 5.11 Å². The summed E-state index contributed by atoms with van der Waals surface area (Å²) in [6, 6.07) is 0. The summed E-state index contributed by atoms with van der Waals surface area (Å²) in [5, 5.41) is 9.98. The second kappa shape index (κ2) is 1.75. The Morgan fingerprint density at radius 2 is 2.00 bits per heavy atom. The Morgan fingerprint density at radius 1 is 1.44 bits per heavy atom. The van der Waals surface area contributed by atoms with E-state index in [1.807, 2.05) is 0 Å². The van der Waals surface area contributed by atoms with E-state index < -0.39 is 15.6 Å². The van der Waals surface area contributed by atoms with E-state index in [-0.39, 0.29) is 5.03 Å². The number of aliphatic hydroxyl groups excluding tert-OH is 1. The van der Waals surface area contributed by atoms with Gasteiger partial charge in [-0.25, -0.2) is 8.42 Å². The lowest BCUT2D eigenvalue weighted by molar-refractivity contribution is 0.432. The van der Waals surface area contributed by atoms with Gasteiger partial charge in [0.1, 0.15) is 5.76 Å². The molecular formula is C4H3ClO3S. The standard InChI is InChI=1S/C4H3ClO3S/c5-3-1-9(7,8)2-4(3)6/h1-2,6H. The van der Waals surface area contributed by atoms with Crippen LogP contribution in [0.2, 0.25) is 0 Å². The Kier molecular flexibility index (Phi) is 1.29. The molecule has 0 aromatic carbocycles. The minimum Gasteiger partial charge on any atom is -0.506 e. The SMILES string of the molecule is O=S1(=O)C=C(O)C(Cl)=C1. The molecule has 1 aliphatic rings. The van der Waals surface area contributed by atoms with Gasteiger partial charge in [0.15, 0.2) is 9.84 Å². The van der Waals surface area contributed by atoms with Gasteiger partial charge in [0.2, 0.25) is 0 Å². The van der Waals surface area contributed by atoms with Crippen LogP contribution < -0.4 is 0 Å². The van der Waals surface area contributed by atoms with Gasteiger partial charge in [-0.1, -0.05) is 11.6 Å². The van der Waals surface area contributed by atoms with Crippen LogP contribution in [0.15, 0.2) is 21.6 Å². The van der Waals surface area contributed by atoms with Crippen LogP contribution >= 0.6 is 11.6 Å². The van der Waals surface area contributed by atoms with E-state index in [0.717, 1.165) is 5.41 Å². The zero-order valence-electron chi connectivity index (χ0n) is 4.20. The Bertz CT molecular complexity index is 261. The molecule has 3 nitrogen and oxygen atoms in total. The summed E-state index contributed by atoms with van der Waals surface area (Å²) in [7, 11) is -3.35. The van der Waals surface area contributed by atoms with E-state index in [4.69, 9.17) is 16.7 Å². The molecule has 0 radical (unpaired) electrons. The first-order valence-electron chi connectivity index (χ1n) is 2.04. The molecule has 0 spiro atoms. The molecule has 0 fully saturated rings. The van der Waals surface area contributed by atoms with Crippen LogP contribution in [0, 0.1) is 0 Å². The Balaban J connectivity index is 3.27. The molecule has 5 heteroatoms. The molecule has 0 saturated heterocycles. The molecule has 0 bridgehead atoms. The third kappa shape index (κ3) is 1.25. The minimum absolute atomic E-state index is 0.130. The molecule has 0 atom stereocenters. The van der Waals surface area contributed by atoms with E-state index in [9.17, 15) is 8.42 Å². The van der Waals surface area contributed by atoms with Gasteiger partial charge >= 0.3 is 0 Å². The predicted molar refractivity (Wildman–Crippen MR) is 33.6 cm³/mol. The van der Waals surface area contributed by atoms with Crippen LogP contribution in [0.5, 0.6) is 0 Å². The van der Waals surface area contributed by atoms with E-state index in [0.29, 0.717) is 5.41 Å².